The van der Waals surface area contributed by atoms with Crippen LogP contribution in [0.4, 0.5) is 5.69 Å². The van der Waals surface area contributed by atoms with Crippen LogP contribution in [0.2, 0.25) is 0 Å². The van der Waals surface area contributed by atoms with Gasteiger partial charge in [-0.2, -0.15) is 0 Å². The normalized spacial score (nSPS) is 27.8. The van der Waals surface area contributed by atoms with E-state index in [9.17, 15) is 0 Å². The average Bonchev–Trinajstić information content (AvgIpc) is 2.70. The lowest BCUT2D eigenvalue weighted by molar-refractivity contribution is 0.319. The number of para-hydroxylation sites is 2. The van der Waals surface area contributed by atoms with Crippen LogP contribution >= 0.6 is 0 Å². The second-order valence-electron chi connectivity index (χ2n) is 5.74. The Kier molecular flexibility index (Phi) is 3.37. The summed E-state index contributed by atoms with van der Waals surface area (Å²) in [6.07, 6.45) is 2.19. The second-order valence-corrected chi connectivity index (χ2v) is 5.74. The van der Waals surface area contributed by atoms with E-state index in [1.54, 1.807) is 0 Å². The first kappa shape index (κ1) is 12.8. The molecule has 1 atom stereocenters. The molecule has 104 valence electrons. The quantitative estimate of drug-likeness (QED) is 0.871. The zero-order chi connectivity index (χ0) is 13.3. The predicted molar refractivity (Wildman–Crippen MR) is 77.8 cm³/mol. The van der Waals surface area contributed by atoms with Gasteiger partial charge in [-0.3, -0.25) is 0 Å². The number of benzene rings is 1. The van der Waals surface area contributed by atoms with E-state index in [-0.39, 0.29) is 5.54 Å². The number of rotatable bonds is 2. The van der Waals surface area contributed by atoms with Crippen molar-refractivity contribution in [1.29, 1.82) is 0 Å². The van der Waals surface area contributed by atoms with E-state index in [4.69, 9.17) is 10.5 Å². The molecule has 19 heavy (non-hydrogen) atoms. The Labute approximate surface area is 115 Å². The predicted octanol–water partition coefficient (Wildman–Crippen LogP) is 1.31. The van der Waals surface area contributed by atoms with Gasteiger partial charge in [0.1, 0.15) is 5.75 Å². The molecule has 0 aliphatic carbocycles. The third-order valence-corrected chi connectivity index (χ3v) is 4.42. The van der Waals surface area contributed by atoms with Crippen LogP contribution < -0.4 is 15.4 Å². The first-order valence-electron chi connectivity index (χ1n) is 7.13. The highest BCUT2D eigenvalue weighted by atomic mass is 16.5. The van der Waals surface area contributed by atoms with Crippen molar-refractivity contribution in [2.24, 2.45) is 5.73 Å². The number of nitrogens with two attached hydrogens (primary N) is 1. The lowest BCUT2D eigenvalue weighted by atomic mass is 9.94. The van der Waals surface area contributed by atoms with Crippen molar-refractivity contribution in [2.75, 3.05) is 44.7 Å². The summed E-state index contributed by atoms with van der Waals surface area (Å²) in [6, 6.07) is 8.36. The zero-order valence-corrected chi connectivity index (χ0v) is 11.6. The maximum atomic E-state index is 6.16. The summed E-state index contributed by atoms with van der Waals surface area (Å²) in [7, 11) is 2.18. The minimum Gasteiger partial charge on any atom is -0.491 e. The van der Waals surface area contributed by atoms with E-state index in [0.717, 1.165) is 44.8 Å². The number of likely N-dealkylation sites (tertiary alicyclic amines) is 1. The van der Waals surface area contributed by atoms with Gasteiger partial charge < -0.3 is 20.3 Å². The van der Waals surface area contributed by atoms with Crippen LogP contribution in [0, 0.1) is 0 Å². The monoisotopic (exact) mass is 261 g/mol. The summed E-state index contributed by atoms with van der Waals surface area (Å²) in [6.45, 7) is 4.69. The summed E-state index contributed by atoms with van der Waals surface area (Å²) >= 11 is 0. The summed E-state index contributed by atoms with van der Waals surface area (Å²) < 4.78 is 5.86. The highest BCUT2D eigenvalue weighted by molar-refractivity contribution is 5.61. The third-order valence-electron chi connectivity index (χ3n) is 4.42. The maximum absolute atomic E-state index is 6.16. The van der Waals surface area contributed by atoms with Crippen LogP contribution in [0.1, 0.15) is 12.8 Å². The average molecular weight is 261 g/mol. The van der Waals surface area contributed by atoms with Crippen LogP contribution in [-0.2, 0) is 0 Å². The Hall–Kier alpha value is -1.26. The molecule has 2 aliphatic heterocycles. The number of ether oxygens (including phenoxy) is 1. The van der Waals surface area contributed by atoms with E-state index in [1.807, 2.05) is 6.07 Å². The van der Waals surface area contributed by atoms with Crippen molar-refractivity contribution in [3.05, 3.63) is 24.3 Å². The minimum atomic E-state index is 0.0680. The Bertz CT molecular complexity index is 451. The Morgan fingerprint density at radius 3 is 2.89 bits per heavy atom. The van der Waals surface area contributed by atoms with Crippen molar-refractivity contribution < 1.29 is 4.74 Å². The van der Waals surface area contributed by atoms with Gasteiger partial charge in [-0.15, -0.1) is 0 Å². The molecule has 1 saturated heterocycles. The molecular weight excluding hydrogens is 238 g/mol. The van der Waals surface area contributed by atoms with E-state index in [1.165, 1.54) is 5.69 Å². The summed E-state index contributed by atoms with van der Waals surface area (Å²) in [5.74, 6) is 1.00. The van der Waals surface area contributed by atoms with Gasteiger partial charge in [0.05, 0.1) is 17.8 Å². The van der Waals surface area contributed by atoms with Gasteiger partial charge in [0.15, 0.2) is 0 Å². The van der Waals surface area contributed by atoms with Crippen LogP contribution in [0.15, 0.2) is 24.3 Å². The second kappa shape index (κ2) is 5.02. The van der Waals surface area contributed by atoms with Gasteiger partial charge in [0.2, 0.25) is 0 Å². The first-order valence-corrected chi connectivity index (χ1v) is 7.13. The van der Waals surface area contributed by atoms with Crippen LogP contribution in [0.25, 0.3) is 0 Å². The van der Waals surface area contributed by atoms with Crippen molar-refractivity contribution in [3.8, 4) is 5.75 Å². The topological polar surface area (TPSA) is 41.7 Å². The molecule has 0 saturated carbocycles. The number of fused-ring (bicyclic) bond motifs is 1. The lowest BCUT2D eigenvalue weighted by Crippen LogP contribution is -2.56. The van der Waals surface area contributed by atoms with Gasteiger partial charge >= 0.3 is 0 Å². The van der Waals surface area contributed by atoms with Gasteiger partial charge in [0.25, 0.3) is 0 Å². The molecule has 1 aromatic carbocycles. The van der Waals surface area contributed by atoms with E-state index in [2.05, 4.69) is 35.0 Å². The standard InChI is InChI=1S/C15H23N3O/c1-17-9-7-15(11-16,12-17)18-8-4-10-19-14-6-3-2-5-13(14)18/h2-3,5-6H,4,7-12,16H2,1H3. The lowest BCUT2D eigenvalue weighted by Gasteiger charge is -2.42. The molecule has 0 aromatic heterocycles. The van der Waals surface area contributed by atoms with Crippen LogP contribution in [-0.4, -0.2) is 50.3 Å². The smallest absolute Gasteiger partial charge is 0.142 e. The molecule has 3 rings (SSSR count). The van der Waals surface area contributed by atoms with E-state index in [0.29, 0.717) is 6.54 Å². The minimum absolute atomic E-state index is 0.0680. The Balaban J connectivity index is 1.99. The number of likely N-dealkylation sites (N-methyl/N-ethyl adjacent to an activating group) is 1. The van der Waals surface area contributed by atoms with E-state index < -0.39 is 0 Å². The molecule has 0 radical (unpaired) electrons. The number of nitrogens with zero attached hydrogens (tertiary/aromatic N) is 2. The molecule has 0 amide bonds. The summed E-state index contributed by atoms with van der Waals surface area (Å²) in [4.78, 5) is 4.88. The largest absolute Gasteiger partial charge is 0.491 e. The molecule has 2 N–H and O–H groups in total. The number of anilines is 1. The maximum Gasteiger partial charge on any atom is 0.142 e. The molecule has 1 aromatic rings. The van der Waals surface area contributed by atoms with Gasteiger partial charge in [-0.05, 0) is 32.0 Å². The highest BCUT2D eigenvalue weighted by Crippen LogP contribution is 2.38. The molecule has 1 fully saturated rings. The molecule has 4 heteroatoms. The van der Waals surface area contributed by atoms with Crippen molar-refractivity contribution in [3.63, 3.8) is 0 Å². The number of hydrogen-bond donors (Lipinski definition) is 1. The van der Waals surface area contributed by atoms with Crippen molar-refractivity contribution in [1.82, 2.24) is 4.90 Å². The van der Waals surface area contributed by atoms with Crippen molar-refractivity contribution >= 4 is 5.69 Å². The fourth-order valence-electron chi connectivity index (χ4n) is 3.38. The van der Waals surface area contributed by atoms with Gasteiger partial charge in [-0.25, -0.2) is 0 Å². The molecular formula is C15H23N3O. The Morgan fingerprint density at radius 1 is 1.32 bits per heavy atom. The zero-order valence-electron chi connectivity index (χ0n) is 11.6. The molecule has 2 aliphatic rings. The molecule has 4 nitrogen and oxygen atoms in total. The highest BCUT2D eigenvalue weighted by Gasteiger charge is 2.42. The van der Waals surface area contributed by atoms with Gasteiger partial charge in [-0.1, -0.05) is 12.1 Å². The molecule has 0 spiro atoms. The molecule has 2 heterocycles. The fraction of sp³-hybridized carbons (Fsp3) is 0.600. The van der Waals surface area contributed by atoms with Crippen molar-refractivity contribution in [2.45, 2.75) is 18.4 Å². The Morgan fingerprint density at radius 2 is 2.16 bits per heavy atom. The van der Waals surface area contributed by atoms with E-state index >= 15 is 0 Å². The van der Waals surface area contributed by atoms with Gasteiger partial charge in [0, 0.05) is 26.2 Å². The summed E-state index contributed by atoms with van der Waals surface area (Å²) in [5, 5.41) is 0. The molecule has 1 unspecified atom stereocenters. The summed E-state index contributed by atoms with van der Waals surface area (Å²) in [5.41, 5.74) is 7.44. The number of hydrogen-bond acceptors (Lipinski definition) is 4. The SMILES string of the molecule is CN1CCC(CN)(N2CCCOc3ccccc32)C1. The first-order chi connectivity index (χ1) is 9.25. The third kappa shape index (κ3) is 2.19. The van der Waals surface area contributed by atoms with Crippen LogP contribution in [0.3, 0.4) is 0 Å². The van der Waals surface area contributed by atoms with Crippen LogP contribution in [0.5, 0.6) is 5.75 Å². The molecule has 0 bridgehead atoms. The fourth-order valence-corrected chi connectivity index (χ4v) is 3.38.